The number of carbonyl (C=O) groups is 1. The molecule has 156 valence electrons. The van der Waals surface area contributed by atoms with E-state index in [-0.39, 0.29) is 5.91 Å². The summed E-state index contributed by atoms with van der Waals surface area (Å²) in [4.78, 5) is 20.9. The van der Waals surface area contributed by atoms with Gasteiger partial charge in [0.2, 0.25) is 0 Å². The highest BCUT2D eigenvalue weighted by atomic mass is 16.5. The quantitative estimate of drug-likeness (QED) is 0.363. The van der Waals surface area contributed by atoms with Gasteiger partial charge in [0, 0.05) is 29.2 Å². The van der Waals surface area contributed by atoms with E-state index in [0.717, 1.165) is 17.0 Å². The molecule has 0 radical (unpaired) electrons. The number of amides is 1. The summed E-state index contributed by atoms with van der Waals surface area (Å²) in [6, 6.07) is 20.5. The van der Waals surface area contributed by atoms with Crippen molar-refractivity contribution in [3.63, 3.8) is 0 Å². The standard InChI is InChI=1S/C23H22N6O2/c30-23(25-13-14-31-20-7-2-1-3-8-20)18-5-4-6-19(15-18)26-16-21-27-22(29-28-21)17-9-11-24-12-10-17/h1-12,15,26H,13-14,16H2,(H,25,30)(H,27,28,29). The molecule has 0 aliphatic heterocycles. The molecule has 0 unspecified atom stereocenters. The predicted molar refractivity (Wildman–Crippen MR) is 118 cm³/mol. The van der Waals surface area contributed by atoms with Crippen molar-refractivity contribution in [3.05, 3.63) is 90.5 Å². The van der Waals surface area contributed by atoms with E-state index in [1.807, 2.05) is 54.6 Å². The molecule has 0 fully saturated rings. The Balaban J connectivity index is 1.27. The molecule has 0 saturated carbocycles. The van der Waals surface area contributed by atoms with Crippen molar-refractivity contribution >= 4 is 11.6 Å². The number of anilines is 1. The van der Waals surface area contributed by atoms with Crippen LogP contribution in [0.4, 0.5) is 5.69 Å². The average molecular weight is 414 g/mol. The molecule has 0 saturated heterocycles. The van der Waals surface area contributed by atoms with Gasteiger partial charge >= 0.3 is 0 Å². The molecular formula is C23H22N6O2. The van der Waals surface area contributed by atoms with Gasteiger partial charge in [-0.1, -0.05) is 24.3 Å². The fraction of sp³-hybridized carbons (Fsp3) is 0.130. The van der Waals surface area contributed by atoms with Gasteiger partial charge in [-0.05, 0) is 42.5 Å². The maximum Gasteiger partial charge on any atom is 0.251 e. The lowest BCUT2D eigenvalue weighted by molar-refractivity contribution is 0.0947. The number of H-pyrrole nitrogens is 1. The third kappa shape index (κ3) is 5.66. The van der Waals surface area contributed by atoms with Crippen molar-refractivity contribution in [1.29, 1.82) is 0 Å². The Morgan fingerprint density at radius 3 is 2.68 bits per heavy atom. The van der Waals surface area contributed by atoms with E-state index in [4.69, 9.17) is 4.74 Å². The molecule has 2 aromatic heterocycles. The maximum absolute atomic E-state index is 12.4. The number of ether oxygens (including phenoxy) is 1. The third-order valence-electron chi connectivity index (χ3n) is 4.45. The molecule has 0 aliphatic carbocycles. The molecule has 8 heteroatoms. The van der Waals surface area contributed by atoms with Gasteiger partial charge < -0.3 is 15.4 Å². The van der Waals surface area contributed by atoms with Gasteiger partial charge in [-0.25, -0.2) is 4.98 Å². The van der Waals surface area contributed by atoms with E-state index in [1.165, 1.54) is 0 Å². The number of para-hydroxylation sites is 1. The highest BCUT2D eigenvalue weighted by molar-refractivity contribution is 5.95. The van der Waals surface area contributed by atoms with Crippen LogP contribution in [-0.4, -0.2) is 39.2 Å². The maximum atomic E-state index is 12.4. The highest BCUT2D eigenvalue weighted by Gasteiger charge is 2.08. The van der Waals surface area contributed by atoms with Crippen molar-refractivity contribution in [2.24, 2.45) is 0 Å². The number of pyridine rings is 1. The number of benzene rings is 2. The lowest BCUT2D eigenvalue weighted by atomic mass is 10.2. The number of aromatic nitrogens is 4. The average Bonchev–Trinajstić information content (AvgIpc) is 3.31. The molecule has 4 aromatic rings. The fourth-order valence-corrected chi connectivity index (χ4v) is 2.91. The molecule has 0 bridgehead atoms. The smallest absolute Gasteiger partial charge is 0.251 e. The monoisotopic (exact) mass is 414 g/mol. The summed E-state index contributed by atoms with van der Waals surface area (Å²) in [5.74, 6) is 1.94. The third-order valence-corrected chi connectivity index (χ3v) is 4.45. The molecular weight excluding hydrogens is 392 g/mol. The van der Waals surface area contributed by atoms with Crippen LogP contribution < -0.4 is 15.4 Å². The van der Waals surface area contributed by atoms with E-state index in [2.05, 4.69) is 30.8 Å². The first-order valence-electron chi connectivity index (χ1n) is 9.89. The Morgan fingerprint density at radius 1 is 1.00 bits per heavy atom. The van der Waals surface area contributed by atoms with Crippen LogP contribution in [0.15, 0.2) is 79.1 Å². The van der Waals surface area contributed by atoms with Crippen LogP contribution in [0.3, 0.4) is 0 Å². The van der Waals surface area contributed by atoms with Crippen LogP contribution in [0.5, 0.6) is 5.75 Å². The van der Waals surface area contributed by atoms with E-state index in [9.17, 15) is 4.79 Å². The first kappa shape index (κ1) is 20.1. The van der Waals surface area contributed by atoms with Gasteiger partial charge in [0.25, 0.3) is 5.91 Å². The largest absolute Gasteiger partial charge is 0.492 e. The second-order valence-corrected chi connectivity index (χ2v) is 6.69. The van der Waals surface area contributed by atoms with Crippen molar-refractivity contribution in [2.75, 3.05) is 18.5 Å². The van der Waals surface area contributed by atoms with Gasteiger partial charge in [-0.3, -0.25) is 14.9 Å². The first-order valence-corrected chi connectivity index (χ1v) is 9.89. The Labute approximate surface area is 179 Å². The van der Waals surface area contributed by atoms with Gasteiger partial charge in [0.15, 0.2) is 5.82 Å². The molecule has 8 nitrogen and oxygen atoms in total. The zero-order valence-electron chi connectivity index (χ0n) is 16.8. The molecule has 4 rings (SSSR count). The second-order valence-electron chi connectivity index (χ2n) is 6.69. The molecule has 3 N–H and O–H groups in total. The SMILES string of the molecule is O=C(NCCOc1ccccc1)c1cccc(NCc2nc(-c3ccncc3)n[nH]2)c1. The van der Waals surface area contributed by atoms with E-state index in [0.29, 0.717) is 36.9 Å². The molecule has 31 heavy (non-hydrogen) atoms. The van der Waals surface area contributed by atoms with E-state index in [1.54, 1.807) is 24.5 Å². The summed E-state index contributed by atoms with van der Waals surface area (Å²) in [6.45, 7) is 1.27. The number of nitrogens with zero attached hydrogens (tertiary/aromatic N) is 3. The van der Waals surface area contributed by atoms with Crippen molar-refractivity contribution in [2.45, 2.75) is 6.54 Å². The van der Waals surface area contributed by atoms with Crippen LogP contribution in [0.25, 0.3) is 11.4 Å². The fourth-order valence-electron chi connectivity index (χ4n) is 2.91. The Hall–Kier alpha value is -4.20. The van der Waals surface area contributed by atoms with E-state index >= 15 is 0 Å². The number of hydrogen-bond donors (Lipinski definition) is 3. The van der Waals surface area contributed by atoms with Crippen molar-refractivity contribution in [3.8, 4) is 17.1 Å². The summed E-state index contributed by atoms with van der Waals surface area (Å²) in [5.41, 5.74) is 2.28. The van der Waals surface area contributed by atoms with Crippen LogP contribution >= 0.6 is 0 Å². The molecule has 2 aromatic carbocycles. The second kappa shape index (κ2) is 10.0. The number of carbonyl (C=O) groups excluding carboxylic acids is 1. The number of nitrogens with one attached hydrogen (secondary N) is 3. The zero-order valence-corrected chi connectivity index (χ0v) is 16.8. The van der Waals surface area contributed by atoms with Crippen LogP contribution in [-0.2, 0) is 6.54 Å². The van der Waals surface area contributed by atoms with Crippen LogP contribution in [0.1, 0.15) is 16.2 Å². The Bertz CT molecular complexity index is 1120. The summed E-state index contributed by atoms with van der Waals surface area (Å²) < 4.78 is 5.59. The summed E-state index contributed by atoms with van der Waals surface area (Å²) >= 11 is 0. The Kier molecular flexibility index (Phi) is 6.49. The summed E-state index contributed by atoms with van der Waals surface area (Å²) in [7, 11) is 0. The van der Waals surface area contributed by atoms with Gasteiger partial charge in [-0.2, -0.15) is 5.10 Å². The van der Waals surface area contributed by atoms with Crippen molar-refractivity contribution in [1.82, 2.24) is 25.5 Å². The molecule has 0 spiro atoms. The summed E-state index contributed by atoms with van der Waals surface area (Å²) in [6.07, 6.45) is 3.40. The lowest BCUT2D eigenvalue weighted by Gasteiger charge is -2.09. The molecule has 0 atom stereocenters. The van der Waals surface area contributed by atoms with Gasteiger partial charge in [0.05, 0.1) is 13.1 Å². The lowest BCUT2D eigenvalue weighted by Crippen LogP contribution is -2.28. The topological polar surface area (TPSA) is 105 Å². The van der Waals surface area contributed by atoms with Crippen molar-refractivity contribution < 1.29 is 9.53 Å². The molecule has 0 aliphatic rings. The highest BCUT2D eigenvalue weighted by Crippen LogP contribution is 2.15. The van der Waals surface area contributed by atoms with Gasteiger partial charge in [0.1, 0.15) is 18.2 Å². The zero-order chi connectivity index (χ0) is 21.3. The minimum atomic E-state index is -0.153. The molecule has 2 heterocycles. The number of rotatable bonds is 9. The van der Waals surface area contributed by atoms with Gasteiger partial charge in [-0.15, -0.1) is 0 Å². The normalized spacial score (nSPS) is 10.5. The predicted octanol–water partition coefficient (Wildman–Crippen LogP) is 3.29. The summed E-state index contributed by atoms with van der Waals surface area (Å²) in [5, 5.41) is 13.3. The number of hydrogen-bond acceptors (Lipinski definition) is 6. The number of aromatic amines is 1. The first-order chi connectivity index (χ1) is 15.3. The van der Waals surface area contributed by atoms with Crippen LogP contribution in [0.2, 0.25) is 0 Å². The Morgan fingerprint density at radius 2 is 1.84 bits per heavy atom. The van der Waals surface area contributed by atoms with E-state index < -0.39 is 0 Å². The molecule has 1 amide bonds. The minimum absolute atomic E-state index is 0.153. The van der Waals surface area contributed by atoms with Crippen LogP contribution in [0, 0.1) is 0 Å². The minimum Gasteiger partial charge on any atom is -0.492 e.